The lowest BCUT2D eigenvalue weighted by Crippen LogP contribution is -2.16. The molecule has 0 aliphatic heterocycles. The van der Waals surface area contributed by atoms with E-state index in [1.54, 1.807) is 18.2 Å². The molecule has 0 amide bonds. The summed E-state index contributed by atoms with van der Waals surface area (Å²) in [7, 11) is 0. The molecule has 6 heteroatoms. The topological polar surface area (TPSA) is 64.9 Å². The molecule has 1 heterocycles. The van der Waals surface area contributed by atoms with E-state index in [0.29, 0.717) is 27.3 Å². The summed E-state index contributed by atoms with van der Waals surface area (Å²) < 4.78 is 5.23. The van der Waals surface area contributed by atoms with Crippen molar-refractivity contribution < 1.29 is 4.52 Å². The van der Waals surface area contributed by atoms with Crippen LogP contribution in [0.5, 0.6) is 0 Å². The summed E-state index contributed by atoms with van der Waals surface area (Å²) in [4.78, 5) is 4.33. The van der Waals surface area contributed by atoms with Gasteiger partial charge in [-0.05, 0) is 17.7 Å². The molecule has 2 N–H and O–H groups in total. The Balaban J connectivity index is 2.34. The fourth-order valence-electron chi connectivity index (χ4n) is 1.56. The van der Waals surface area contributed by atoms with Gasteiger partial charge in [0.25, 0.3) is 0 Å². The Kier molecular flexibility index (Phi) is 3.85. The first-order chi connectivity index (χ1) is 8.79. The van der Waals surface area contributed by atoms with Crippen LogP contribution in [0.3, 0.4) is 0 Å². The number of hydrogen-bond donors (Lipinski definition) is 1. The second kappa shape index (κ2) is 5.12. The van der Waals surface area contributed by atoms with E-state index in [0.717, 1.165) is 0 Å². The minimum absolute atomic E-state index is 0.214. The lowest BCUT2D eigenvalue weighted by atomic mass is 9.97. The van der Waals surface area contributed by atoms with Crippen LogP contribution in [0.4, 0.5) is 0 Å². The lowest BCUT2D eigenvalue weighted by molar-refractivity contribution is 0.317. The van der Waals surface area contributed by atoms with Gasteiger partial charge in [0, 0.05) is 15.5 Å². The van der Waals surface area contributed by atoms with Crippen molar-refractivity contribution in [3.63, 3.8) is 0 Å². The first-order valence-corrected chi connectivity index (χ1v) is 6.59. The average molecular weight is 300 g/mol. The van der Waals surface area contributed by atoms with E-state index in [1.807, 2.05) is 20.8 Å². The fraction of sp³-hybridized carbons (Fsp3) is 0.385. The molecule has 2 aromatic rings. The molecule has 1 aromatic heterocycles. The Hall–Kier alpha value is -1.10. The van der Waals surface area contributed by atoms with Crippen molar-refractivity contribution in [1.29, 1.82) is 0 Å². The minimum atomic E-state index is -0.537. The maximum Gasteiger partial charge on any atom is 0.232 e. The second-order valence-corrected chi connectivity index (χ2v) is 6.19. The SMILES string of the molecule is CC(C)(C)c1nc(C(N)c2ccc(Cl)cc2Cl)no1. The predicted molar refractivity (Wildman–Crippen MR) is 75.5 cm³/mol. The van der Waals surface area contributed by atoms with Crippen LogP contribution in [0.25, 0.3) is 0 Å². The van der Waals surface area contributed by atoms with Gasteiger partial charge in [-0.2, -0.15) is 4.98 Å². The first kappa shape index (κ1) is 14.3. The van der Waals surface area contributed by atoms with Gasteiger partial charge in [-0.3, -0.25) is 0 Å². The van der Waals surface area contributed by atoms with Gasteiger partial charge in [-0.1, -0.05) is 55.2 Å². The third-order valence-electron chi connectivity index (χ3n) is 2.66. The van der Waals surface area contributed by atoms with Gasteiger partial charge < -0.3 is 10.3 Å². The van der Waals surface area contributed by atoms with E-state index in [4.69, 9.17) is 33.5 Å². The van der Waals surface area contributed by atoms with E-state index >= 15 is 0 Å². The second-order valence-electron chi connectivity index (χ2n) is 5.35. The van der Waals surface area contributed by atoms with Gasteiger partial charge in [0.1, 0.15) is 0 Å². The number of hydrogen-bond acceptors (Lipinski definition) is 4. The summed E-state index contributed by atoms with van der Waals surface area (Å²) in [6, 6.07) is 4.60. The molecular formula is C13H15Cl2N3O. The molecule has 0 fully saturated rings. The molecule has 0 radical (unpaired) electrons. The molecule has 0 aliphatic carbocycles. The maximum atomic E-state index is 6.12. The quantitative estimate of drug-likeness (QED) is 0.918. The van der Waals surface area contributed by atoms with Gasteiger partial charge in [-0.25, -0.2) is 0 Å². The summed E-state index contributed by atoms with van der Waals surface area (Å²) in [6.45, 7) is 5.97. The van der Waals surface area contributed by atoms with Crippen molar-refractivity contribution in [1.82, 2.24) is 10.1 Å². The molecule has 2 rings (SSSR count). The van der Waals surface area contributed by atoms with Crippen LogP contribution >= 0.6 is 23.2 Å². The zero-order valence-electron chi connectivity index (χ0n) is 10.9. The highest BCUT2D eigenvalue weighted by Crippen LogP contribution is 2.29. The molecule has 102 valence electrons. The fourth-order valence-corrected chi connectivity index (χ4v) is 2.08. The van der Waals surface area contributed by atoms with Crippen LogP contribution in [0.1, 0.15) is 44.1 Å². The summed E-state index contributed by atoms with van der Waals surface area (Å²) in [6.07, 6.45) is 0. The van der Waals surface area contributed by atoms with E-state index < -0.39 is 6.04 Å². The predicted octanol–water partition coefficient (Wildman–Crippen LogP) is 3.72. The Morgan fingerprint density at radius 3 is 2.47 bits per heavy atom. The van der Waals surface area contributed by atoms with Crippen LogP contribution < -0.4 is 5.73 Å². The number of halogens is 2. The average Bonchev–Trinajstić information content (AvgIpc) is 2.76. The smallest absolute Gasteiger partial charge is 0.232 e. The standard InChI is InChI=1S/C13H15Cl2N3O/c1-13(2,3)12-17-11(18-19-12)10(16)8-5-4-7(14)6-9(8)15/h4-6,10H,16H2,1-3H3. The molecule has 1 unspecified atom stereocenters. The number of rotatable bonds is 2. The van der Waals surface area contributed by atoms with E-state index in [9.17, 15) is 0 Å². The molecule has 0 spiro atoms. The molecule has 1 atom stereocenters. The summed E-state index contributed by atoms with van der Waals surface area (Å²) in [5, 5.41) is 4.97. The van der Waals surface area contributed by atoms with Gasteiger partial charge >= 0.3 is 0 Å². The van der Waals surface area contributed by atoms with Gasteiger partial charge in [-0.15, -0.1) is 0 Å². The highest BCUT2D eigenvalue weighted by Gasteiger charge is 2.25. The van der Waals surface area contributed by atoms with Crippen LogP contribution in [-0.4, -0.2) is 10.1 Å². The monoisotopic (exact) mass is 299 g/mol. The maximum absolute atomic E-state index is 6.12. The van der Waals surface area contributed by atoms with E-state index in [2.05, 4.69) is 10.1 Å². The third kappa shape index (κ3) is 3.08. The van der Waals surface area contributed by atoms with Crippen molar-refractivity contribution in [3.05, 3.63) is 45.5 Å². The Morgan fingerprint density at radius 2 is 1.95 bits per heavy atom. The Morgan fingerprint density at radius 1 is 1.26 bits per heavy atom. The van der Waals surface area contributed by atoms with Crippen molar-refractivity contribution in [2.45, 2.75) is 32.2 Å². The normalized spacial score (nSPS) is 13.6. The van der Waals surface area contributed by atoms with Crippen LogP contribution in [0, 0.1) is 0 Å². The van der Waals surface area contributed by atoms with Crippen molar-refractivity contribution in [2.75, 3.05) is 0 Å². The molecule has 4 nitrogen and oxygen atoms in total. The molecule has 0 aliphatic rings. The Labute approximate surface area is 121 Å². The van der Waals surface area contributed by atoms with E-state index in [-0.39, 0.29) is 5.41 Å². The van der Waals surface area contributed by atoms with E-state index in [1.165, 1.54) is 0 Å². The summed E-state index contributed by atoms with van der Waals surface area (Å²) >= 11 is 12.0. The molecule has 19 heavy (non-hydrogen) atoms. The van der Waals surface area contributed by atoms with Gasteiger partial charge in [0.05, 0.1) is 6.04 Å². The van der Waals surface area contributed by atoms with Crippen molar-refractivity contribution in [2.24, 2.45) is 5.73 Å². The first-order valence-electron chi connectivity index (χ1n) is 5.83. The molecule has 0 bridgehead atoms. The van der Waals surface area contributed by atoms with Crippen LogP contribution in [0.2, 0.25) is 10.0 Å². The van der Waals surface area contributed by atoms with Crippen LogP contribution in [0.15, 0.2) is 22.7 Å². The summed E-state index contributed by atoms with van der Waals surface area (Å²) in [5.74, 6) is 0.956. The number of aromatic nitrogens is 2. The highest BCUT2D eigenvalue weighted by molar-refractivity contribution is 6.35. The van der Waals surface area contributed by atoms with Gasteiger partial charge in [0.2, 0.25) is 5.89 Å². The lowest BCUT2D eigenvalue weighted by Gasteiger charge is -2.11. The largest absolute Gasteiger partial charge is 0.339 e. The zero-order valence-corrected chi connectivity index (χ0v) is 12.5. The van der Waals surface area contributed by atoms with Crippen LogP contribution in [-0.2, 0) is 5.41 Å². The molecule has 0 saturated heterocycles. The molecule has 0 saturated carbocycles. The molecule has 1 aromatic carbocycles. The number of nitrogens with two attached hydrogens (primary N) is 1. The molecular weight excluding hydrogens is 285 g/mol. The minimum Gasteiger partial charge on any atom is -0.339 e. The van der Waals surface area contributed by atoms with Crippen molar-refractivity contribution in [3.8, 4) is 0 Å². The Bertz CT molecular complexity index is 590. The number of benzene rings is 1. The third-order valence-corrected chi connectivity index (χ3v) is 3.22. The summed E-state index contributed by atoms with van der Waals surface area (Å²) in [5.41, 5.74) is 6.61. The number of nitrogens with zero attached hydrogens (tertiary/aromatic N) is 2. The zero-order chi connectivity index (χ0) is 14.2. The highest BCUT2D eigenvalue weighted by atomic mass is 35.5. The van der Waals surface area contributed by atoms with Gasteiger partial charge in [0.15, 0.2) is 5.82 Å². The van der Waals surface area contributed by atoms with Crippen molar-refractivity contribution >= 4 is 23.2 Å².